The van der Waals surface area contributed by atoms with E-state index >= 15 is 0 Å². The summed E-state index contributed by atoms with van der Waals surface area (Å²) in [7, 11) is 0. The summed E-state index contributed by atoms with van der Waals surface area (Å²) in [5.41, 5.74) is 6.17. The summed E-state index contributed by atoms with van der Waals surface area (Å²) in [5.74, 6) is 0.661. The molecule has 1 aliphatic rings. The second kappa shape index (κ2) is 4.77. The predicted molar refractivity (Wildman–Crippen MR) is 66.2 cm³/mol. The average molecular weight is 236 g/mol. The van der Waals surface area contributed by atoms with Gasteiger partial charge in [-0.3, -0.25) is 9.48 Å². The zero-order valence-corrected chi connectivity index (χ0v) is 10.5. The molecule has 1 aromatic heterocycles. The van der Waals surface area contributed by atoms with Gasteiger partial charge in [-0.1, -0.05) is 13.8 Å². The molecule has 94 valence electrons. The Hall–Kier alpha value is -1.52. The van der Waals surface area contributed by atoms with Gasteiger partial charge in [0.2, 0.25) is 5.91 Å². The van der Waals surface area contributed by atoms with Crippen molar-refractivity contribution in [1.82, 2.24) is 14.7 Å². The molecule has 0 bridgehead atoms. The number of amides is 1. The summed E-state index contributed by atoms with van der Waals surface area (Å²) >= 11 is 0. The first-order chi connectivity index (χ1) is 8.08. The molecule has 1 unspecified atom stereocenters. The highest BCUT2D eigenvalue weighted by Gasteiger charge is 2.30. The van der Waals surface area contributed by atoms with Gasteiger partial charge in [-0.25, -0.2) is 0 Å². The first kappa shape index (κ1) is 12.0. The lowest BCUT2D eigenvalue weighted by atomic mass is 10.0. The highest BCUT2D eigenvalue weighted by Crippen LogP contribution is 2.23. The second-order valence-electron chi connectivity index (χ2n) is 5.01. The number of carbonyl (C=O) groups is 1. The van der Waals surface area contributed by atoms with Gasteiger partial charge < -0.3 is 10.6 Å². The molecule has 2 heterocycles. The number of nitrogen functional groups attached to an aromatic ring is 1. The molecule has 17 heavy (non-hydrogen) atoms. The highest BCUT2D eigenvalue weighted by atomic mass is 16.2. The van der Waals surface area contributed by atoms with Crippen LogP contribution in [0.3, 0.4) is 0 Å². The van der Waals surface area contributed by atoms with E-state index in [1.807, 2.05) is 4.90 Å². The monoisotopic (exact) mass is 236 g/mol. The number of rotatable bonds is 3. The van der Waals surface area contributed by atoms with Crippen LogP contribution in [0.1, 0.15) is 26.7 Å². The quantitative estimate of drug-likeness (QED) is 0.855. The molecule has 0 spiro atoms. The Bertz CT molecular complexity index is 399. The molecule has 1 fully saturated rings. The normalized spacial score (nSPS) is 20.2. The van der Waals surface area contributed by atoms with Crippen LogP contribution in [0.15, 0.2) is 12.4 Å². The summed E-state index contributed by atoms with van der Waals surface area (Å²) in [6, 6.07) is 0.385. The lowest BCUT2D eigenvalue weighted by Crippen LogP contribution is -2.40. The van der Waals surface area contributed by atoms with Gasteiger partial charge >= 0.3 is 0 Å². The van der Waals surface area contributed by atoms with E-state index in [0.717, 1.165) is 19.4 Å². The number of hydrogen-bond acceptors (Lipinski definition) is 3. The summed E-state index contributed by atoms with van der Waals surface area (Å²) in [6.07, 6.45) is 5.48. The van der Waals surface area contributed by atoms with E-state index in [1.165, 1.54) is 0 Å². The van der Waals surface area contributed by atoms with Crippen LogP contribution in [-0.4, -0.2) is 33.2 Å². The van der Waals surface area contributed by atoms with Crippen LogP contribution in [0, 0.1) is 5.92 Å². The Labute approximate surface area is 102 Å². The Balaban J connectivity index is 2.00. The van der Waals surface area contributed by atoms with E-state index in [-0.39, 0.29) is 5.91 Å². The SMILES string of the molecule is CC(C)C1CCCN1C(=O)Cn1cc(N)cn1. The fourth-order valence-corrected chi connectivity index (χ4v) is 2.49. The summed E-state index contributed by atoms with van der Waals surface area (Å²) in [6.45, 7) is 5.50. The van der Waals surface area contributed by atoms with E-state index in [0.29, 0.717) is 24.2 Å². The number of anilines is 1. The molecule has 0 radical (unpaired) electrons. The molecule has 1 amide bonds. The van der Waals surface area contributed by atoms with E-state index in [4.69, 9.17) is 5.73 Å². The minimum absolute atomic E-state index is 0.143. The maximum Gasteiger partial charge on any atom is 0.244 e. The van der Waals surface area contributed by atoms with Crippen LogP contribution in [0.4, 0.5) is 5.69 Å². The van der Waals surface area contributed by atoms with Crippen molar-refractivity contribution in [2.75, 3.05) is 12.3 Å². The molecular formula is C12H20N4O. The molecule has 1 saturated heterocycles. The topological polar surface area (TPSA) is 64.2 Å². The number of nitrogens with zero attached hydrogens (tertiary/aromatic N) is 3. The minimum atomic E-state index is 0.143. The Morgan fingerprint density at radius 1 is 1.65 bits per heavy atom. The zero-order valence-electron chi connectivity index (χ0n) is 10.5. The fourth-order valence-electron chi connectivity index (χ4n) is 2.49. The van der Waals surface area contributed by atoms with Crippen LogP contribution in [0.5, 0.6) is 0 Å². The van der Waals surface area contributed by atoms with Gasteiger partial charge in [0.15, 0.2) is 0 Å². The molecule has 5 nitrogen and oxygen atoms in total. The van der Waals surface area contributed by atoms with Gasteiger partial charge in [0.1, 0.15) is 6.54 Å². The fraction of sp³-hybridized carbons (Fsp3) is 0.667. The summed E-state index contributed by atoms with van der Waals surface area (Å²) in [4.78, 5) is 14.2. The van der Waals surface area contributed by atoms with Crippen molar-refractivity contribution in [2.45, 2.75) is 39.3 Å². The lowest BCUT2D eigenvalue weighted by Gasteiger charge is -2.27. The van der Waals surface area contributed by atoms with Gasteiger partial charge in [-0.15, -0.1) is 0 Å². The lowest BCUT2D eigenvalue weighted by molar-refractivity contribution is -0.133. The molecule has 1 aromatic rings. The van der Waals surface area contributed by atoms with Crippen LogP contribution < -0.4 is 5.73 Å². The predicted octanol–water partition coefficient (Wildman–Crippen LogP) is 1.11. The van der Waals surface area contributed by atoms with E-state index in [1.54, 1.807) is 17.1 Å². The van der Waals surface area contributed by atoms with Crippen LogP contribution >= 0.6 is 0 Å². The number of hydrogen-bond donors (Lipinski definition) is 1. The summed E-state index contributed by atoms with van der Waals surface area (Å²) < 4.78 is 1.60. The van der Waals surface area contributed by atoms with Crippen molar-refractivity contribution < 1.29 is 4.79 Å². The van der Waals surface area contributed by atoms with E-state index < -0.39 is 0 Å². The average Bonchev–Trinajstić information content (AvgIpc) is 2.86. The number of carbonyl (C=O) groups excluding carboxylic acids is 1. The van der Waals surface area contributed by atoms with Gasteiger partial charge in [0, 0.05) is 18.8 Å². The second-order valence-corrected chi connectivity index (χ2v) is 5.01. The number of aromatic nitrogens is 2. The van der Waals surface area contributed by atoms with Crippen LogP contribution in [0.2, 0.25) is 0 Å². The van der Waals surface area contributed by atoms with Crippen molar-refractivity contribution in [2.24, 2.45) is 5.92 Å². The zero-order chi connectivity index (χ0) is 12.4. The molecule has 2 rings (SSSR count). The van der Waals surface area contributed by atoms with Crippen LogP contribution in [-0.2, 0) is 11.3 Å². The maximum atomic E-state index is 12.2. The van der Waals surface area contributed by atoms with Crippen molar-refractivity contribution in [3.05, 3.63) is 12.4 Å². The van der Waals surface area contributed by atoms with Crippen LogP contribution in [0.25, 0.3) is 0 Å². The smallest absolute Gasteiger partial charge is 0.244 e. The molecule has 5 heteroatoms. The Morgan fingerprint density at radius 3 is 3.00 bits per heavy atom. The van der Waals surface area contributed by atoms with E-state index in [2.05, 4.69) is 18.9 Å². The van der Waals surface area contributed by atoms with Gasteiger partial charge in [0.25, 0.3) is 0 Å². The molecule has 0 saturated carbocycles. The van der Waals surface area contributed by atoms with Crippen molar-refractivity contribution in [3.63, 3.8) is 0 Å². The van der Waals surface area contributed by atoms with Crippen molar-refractivity contribution >= 4 is 11.6 Å². The first-order valence-corrected chi connectivity index (χ1v) is 6.15. The van der Waals surface area contributed by atoms with Crippen molar-refractivity contribution in [3.8, 4) is 0 Å². The number of likely N-dealkylation sites (tertiary alicyclic amines) is 1. The van der Waals surface area contributed by atoms with Gasteiger partial charge in [-0.2, -0.15) is 5.10 Å². The molecule has 2 N–H and O–H groups in total. The largest absolute Gasteiger partial charge is 0.396 e. The third-order valence-corrected chi connectivity index (χ3v) is 3.34. The molecular weight excluding hydrogens is 216 g/mol. The molecule has 0 aromatic carbocycles. The Kier molecular flexibility index (Phi) is 3.36. The molecule has 0 aliphatic carbocycles. The molecule has 1 atom stereocenters. The third kappa shape index (κ3) is 2.60. The first-order valence-electron chi connectivity index (χ1n) is 6.15. The van der Waals surface area contributed by atoms with Gasteiger partial charge in [0.05, 0.1) is 11.9 Å². The Morgan fingerprint density at radius 2 is 2.41 bits per heavy atom. The van der Waals surface area contributed by atoms with Gasteiger partial charge in [-0.05, 0) is 18.8 Å². The van der Waals surface area contributed by atoms with E-state index in [9.17, 15) is 4.79 Å². The number of nitrogens with two attached hydrogens (primary N) is 1. The molecule has 1 aliphatic heterocycles. The minimum Gasteiger partial charge on any atom is -0.396 e. The highest BCUT2D eigenvalue weighted by molar-refractivity contribution is 5.76. The summed E-state index contributed by atoms with van der Waals surface area (Å²) in [5, 5.41) is 4.04. The standard InChI is InChI=1S/C12H20N4O/c1-9(2)11-4-3-5-16(11)12(17)8-15-7-10(13)6-14-15/h6-7,9,11H,3-5,8,13H2,1-2H3. The third-order valence-electron chi connectivity index (χ3n) is 3.34. The van der Waals surface area contributed by atoms with Crippen molar-refractivity contribution in [1.29, 1.82) is 0 Å². The maximum absolute atomic E-state index is 12.2.